The fourth-order valence-corrected chi connectivity index (χ4v) is 2.76. The summed E-state index contributed by atoms with van der Waals surface area (Å²) in [6.07, 6.45) is 10.1. The van der Waals surface area contributed by atoms with Gasteiger partial charge in [-0.25, -0.2) is 4.39 Å². The van der Waals surface area contributed by atoms with Crippen molar-refractivity contribution in [1.29, 1.82) is 0 Å². The Bertz CT molecular complexity index is 460. The molecule has 1 aromatic rings. The lowest BCUT2D eigenvalue weighted by Gasteiger charge is -2.36. The molecule has 0 spiro atoms. The molecule has 2 unspecified atom stereocenters. The molecule has 1 aliphatic carbocycles. The molecule has 0 aromatic heterocycles. The first kappa shape index (κ1) is 11.7. The Morgan fingerprint density at radius 1 is 1.06 bits per heavy atom. The van der Waals surface area contributed by atoms with E-state index >= 15 is 0 Å². The maximum Gasteiger partial charge on any atom is 0.123 e. The molecule has 1 heterocycles. The predicted octanol–water partition coefficient (Wildman–Crippen LogP) is 3.40. The second-order valence-corrected chi connectivity index (χ2v) is 5.06. The van der Waals surface area contributed by atoms with Gasteiger partial charge in [-0.2, -0.15) is 0 Å². The van der Waals surface area contributed by atoms with Crippen LogP contribution in [0.3, 0.4) is 0 Å². The number of piperidine rings is 1. The van der Waals surface area contributed by atoms with Crippen LogP contribution in [0.5, 0.6) is 0 Å². The zero-order valence-corrected chi connectivity index (χ0v) is 10.3. The minimum Gasteiger partial charge on any atom is -0.294 e. The molecule has 1 aliphatic heterocycles. The molecule has 1 saturated heterocycles. The van der Waals surface area contributed by atoms with Crippen LogP contribution in [0.25, 0.3) is 0 Å². The van der Waals surface area contributed by atoms with Crippen LogP contribution < -0.4 is 0 Å². The van der Waals surface area contributed by atoms with E-state index in [1.807, 2.05) is 12.1 Å². The Balaban J connectivity index is 1.63. The molecule has 0 bridgehead atoms. The summed E-state index contributed by atoms with van der Waals surface area (Å²) in [5.41, 5.74) is 1.07. The Kier molecular flexibility index (Phi) is 3.28. The van der Waals surface area contributed by atoms with Gasteiger partial charge in [0.15, 0.2) is 0 Å². The van der Waals surface area contributed by atoms with E-state index in [1.54, 1.807) is 0 Å². The van der Waals surface area contributed by atoms with Crippen molar-refractivity contribution in [2.24, 2.45) is 11.8 Å². The molecule has 2 heteroatoms. The maximum atomic E-state index is 12.8. The molecular formula is C16H17FN. The summed E-state index contributed by atoms with van der Waals surface area (Å²) in [6, 6.07) is 6.69. The van der Waals surface area contributed by atoms with Gasteiger partial charge in [-0.15, -0.1) is 0 Å². The maximum absolute atomic E-state index is 12.8. The third-order valence-electron chi connectivity index (χ3n) is 3.77. The van der Waals surface area contributed by atoms with Crippen LogP contribution in [-0.4, -0.2) is 18.0 Å². The van der Waals surface area contributed by atoms with Crippen LogP contribution in [0, 0.1) is 24.2 Å². The van der Waals surface area contributed by atoms with Gasteiger partial charge in [0.25, 0.3) is 0 Å². The summed E-state index contributed by atoms with van der Waals surface area (Å²) in [5.74, 6) is 1.15. The second-order valence-electron chi connectivity index (χ2n) is 5.06. The van der Waals surface area contributed by atoms with Crippen molar-refractivity contribution in [2.75, 3.05) is 13.1 Å². The van der Waals surface area contributed by atoms with Crippen molar-refractivity contribution in [3.63, 3.8) is 0 Å². The fourth-order valence-electron chi connectivity index (χ4n) is 2.76. The zero-order valence-electron chi connectivity index (χ0n) is 10.3. The Morgan fingerprint density at radius 2 is 1.78 bits per heavy atom. The molecule has 0 N–H and O–H groups in total. The van der Waals surface area contributed by atoms with Crippen molar-refractivity contribution >= 4 is 0 Å². The van der Waals surface area contributed by atoms with Gasteiger partial charge in [0, 0.05) is 6.54 Å². The van der Waals surface area contributed by atoms with Crippen LogP contribution in [0.15, 0.2) is 48.6 Å². The van der Waals surface area contributed by atoms with Crippen molar-refractivity contribution in [1.82, 2.24) is 4.90 Å². The Labute approximate surface area is 108 Å². The molecular weight excluding hydrogens is 225 g/mol. The number of nitrogens with zero attached hydrogens (tertiary/aromatic N) is 1. The zero-order chi connectivity index (χ0) is 12.4. The summed E-state index contributed by atoms with van der Waals surface area (Å²) >= 11 is 0. The van der Waals surface area contributed by atoms with Gasteiger partial charge in [0.05, 0.1) is 6.54 Å². The van der Waals surface area contributed by atoms with Crippen LogP contribution in [0.1, 0.15) is 12.0 Å². The number of hydrogen-bond donors (Lipinski definition) is 0. The van der Waals surface area contributed by atoms with E-state index in [1.165, 1.54) is 18.6 Å². The van der Waals surface area contributed by atoms with Crippen LogP contribution in [0.4, 0.5) is 4.39 Å². The Morgan fingerprint density at radius 3 is 2.56 bits per heavy atom. The minimum atomic E-state index is -0.175. The first-order chi connectivity index (χ1) is 8.81. The number of hydrogen-bond acceptors (Lipinski definition) is 1. The highest BCUT2D eigenvalue weighted by molar-refractivity contribution is 5.24. The van der Waals surface area contributed by atoms with Crippen LogP contribution in [-0.2, 0) is 0 Å². The molecule has 0 amide bonds. The molecule has 1 aromatic carbocycles. The lowest BCUT2D eigenvalue weighted by Crippen LogP contribution is -2.38. The summed E-state index contributed by atoms with van der Waals surface area (Å²) in [7, 11) is 0. The monoisotopic (exact) mass is 242 g/mol. The standard InChI is InChI=1S/C16H17FN/c17-16-7-5-13(6-8-16)11-18-10-9-14-3-1-2-4-15(14)12-18/h1-8,11,14-15H,9-10,12H2. The summed E-state index contributed by atoms with van der Waals surface area (Å²) in [6.45, 7) is 4.28. The van der Waals surface area contributed by atoms with Gasteiger partial charge in [-0.3, -0.25) is 4.90 Å². The lowest BCUT2D eigenvalue weighted by atomic mass is 9.82. The van der Waals surface area contributed by atoms with E-state index in [0.29, 0.717) is 11.8 Å². The fraction of sp³-hybridized carbons (Fsp3) is 0.312. The summed E-state index contributed by atoms with van der Waals surface area (Å²) < 4.78 is 12.8. The van der Waals surface area contributed by atoms with E-state index in [4.69, 9.17) is 0 Å². The lowest BCUT2D eigenvalue weighted by molar-refractivity contribution is 0.204. The van der Waals surface area contributed by atoms with Crippen molar-refractivity contribution in [2.45, 2.75) is 6.42 Å². The van der Waals surface area contributed by atoms with Crippen molar-refractivity contribution < 1.29 is 4.39 Å². The normalized spacial score (nSPS) is 27.2. The van der Waals surface area contributed by atoms with Crippen LogP contribution in [0.2, 0.25) is 0 Å². The highest BCUT2D eigenvalue weighted by Gasteiger charge is 2.26. The average Bonchev–Trinajstić information content (AvgIpc) is 2.41. The van der Waals surface area contributed by atoms with Crippen molar-refractivity contribution in [3.8, 4) is 0 Å². The van der Waals surface area contributed by atoms with E-state index in [0.717, 1.165) is 18.7 Å². The SMILES string of the molecule is Fc1ccc([CH]N2CCC3C=CC=CC3C2)cc1. The Hall–Kier alpha value is -1.41. The summed E-state index contributed by atoms with van der Waals surface area (Å²) in [4.78, 5) is 2.35. The first-order valence-electron chi connectivity index (χ1n) is 6.51. The van der Waals surface area contributed by atoms with E-state index in [-0.39, 0.29) is 5.82 Å². The molecule has 3 rings (SSSR count). The molecule has 18 heavy (non-hydrogen) atoms. The smallest absolute Gasteiger partial charge is 0.123 e. The van der Waals surface area contributed by atoms with Gasteiger partial charge < -0.3 is 0 Å². The molecule has 1 fully saturated rings. The van der Waals surface area contributed by atoms with E-state index in [9.17, 15) is 4.39 Å². The molecule has 1 radical (unpaired) electrons. The number of allylic oxidation sites excluding steroid dienone is 3. The van der Waals surface area contributed by atoms with E-state index < -0.39 is 0 Å². The average molecular weight is 242 g/mol. The largest absolute Gasteiger partial charge is 0.294 e. The van der Waals surface area contributed by atoms with Gasteiger partial charge in [0.2, 0.25) is 0 Å². The van der Waals surface area contributed by atoms with Gasteiger partial charge in [-0.05, 0) is 42.5 Å². The van der Waals surface area contributed by atoms with Crippen LogP contribution >= 0.6 is 0 Å². The topological polar surface area (TPSA) is 3.24 Å². The first-order valence-corrected chi connectivity index (χ1v) is 6.51. The van der Waals surface area contributed by atoms with Gasteiger partial charge in [0.1, 0.15) is 5.82 Å². The number of likely N-dealkylation sites (tertiary alicyclic amines) is 1. The number of halogens is 1. The summed E-state index contributed by atoms with van der Waals surface area (Å²) in [5, 5.41) is 0. The molecule has 1 nitrogen and oxygen atoms in total. The molecule has 2 aliphatic rings. The quantitative estimate of drug-likeness (QED) is 0.768. The number of fused-ring (bicyclic) bond motifs is 1. The third-order valence-corrected chi connectivity index (χ3v) is 3.77. The second kappa shape index (κ2) is 5.07. The highest BCUT2D eigenvalue weighted by Crippen LogP contribution is 2.29. The van der Waals surface area contributed by atoms with Gasteiger partial charge >= 0.3 is 0 Å². The highest BCUT2D eigenvalue weighted by atomic mass is 19.1. The molecule has 2 atom stereocenters. The number of rotatable bonds is 2. The minimum absolute atomic E-state index is 0.175. The van der Waals surface area contributed by atoms with Crippen molar-refractivity contribution in [3.05, 3.63) is 66.5 Å². The molecule has 93 valence electrons. The third kappa shape index (κ3) is 2.54. The predicted molar refractivity (Wildman–Crippen MR) is 71.3 cm³/mol. The van der Waals surface area contributed by atoms with E-state index in [2.05, 4.69) is 35.7 Å². The van der Waals surface area contributed by atoms with Gasteiger partial charge in [-0.1, -0.05) is 36.4 Å². The molecule has 0 saturated carbocycles. The number of benzene rings is 1.